The molecular weight excluding hydrogens is 136 g/mol. The van der Waals surface area contributed by atoms with E-state index in [1.54, 1.807) is 0 Å². The second-order valence-corrected chi connectivity index (χ2v) is 3.95. The monoisotopic (exact) mass is 158 g/mol. The summed E-state index contributed by atoms with van der Waals surface area (Å²) in [5, 5.41) is 9.72. The van der Waals surface area contributed by atoms with Crippen molar-refractivity contribution in [1.29, 1.82) is 0 Å². The van der Waals surface area contributed by atoms with Gasteiger partial charge < -0.3 is 5.11 Å². The summed E-state index contributed by atoms with van der Waals surface area (Å²) < 4.78 is 0. The molecule has 0 aromatic rings. The van der Waals surface area contributed by atoms with E-state index in [2.05, 4.69) is 13.8 Å². The predicted molar refractivity (Wildman–Crippen MR) is 49.6 cm³/mol. The maximum Gasteiger partial charge on any atom is 0.0619 e. The zero-order chi connectivity index (χ0) is 8.91. The Balaban J connectivity index is 3.64. The lowest BCUT2D eigenvalue weighted by molar-refractivity contribution is 0.0312. The molecule has 0 aliphatic carbocycles. The van der Waals surface area contributed by atoms with Gasteiger partial charge in [-0.15, -0.1) is 0 Å². The Labute approximate surface area is 70.8 Å². The molecule has 0 amide bonds. The van der Waals surface area contributed by atoms with Gasteiger partial charge >= 0.3 is 0 Å². The molecule has 0 radical (unpaired) electrons. The molecule has 1 nitrogen and oxygen atoms in total. The Morgan fingerprint density at radius 1 is 1.36 bits per heavy atom. The lowest BCUT2D eigenvalue weighted by atomic mass is 9.89. The highest BCUT2D eigenvalue weighted by Gasteiger charge is 2.20. The van der Waals surface area contributed by atoms with Crippen LogP contribution in [0.25, 0.3) is 0 Å². The molecule has 0 heterocycles. The maximum absolute atomic E-state index is 9.72. The molecule has 1 N–H and O–H groups in total. The van der Waals surface area contributed by atoms with E-state index in [0.717, 1.165) is 12.8 Å². The van der Waals surface area contributed by atoms with Gasteiger partial charge in [0.15, 0.2) is 0 Å². The largest absolute Gasteiger partial charge is 0.390 e. The van der Waals surface area contributed by atoms with Crippen molar-refractivity contribution >= 4 is 0 Å². The third-order valence-corrected chi connectivity index (χ3v) is 2.33. The van der Waals surface area contributed by atoms with Crippen LogP contribution in [0.5, 0.6) is 0 Å². The van der Waals surface area contributed by atoms with Crippen molar-refractivity contribution in [3.63, 3.8) is 0 Å². The summed E-state index contributed by atoms with van der Waals surface area (Å²) in [5.74, 6) is 0.662. The van der Waals surface area contributed by atoms with Crippen molar-refractivity contribution < 1.29 is 5.11 Å². The lowest BCUT2D eigenvalue weighted by Crippen LogP contribution is -2.25. The fraction of sp³-hybridized carbons (Fsp3) is 1.00. The molecule has 1 heteroatoms. The minimum atomic E-state index is -0.436. The molecule has 0 spiro atoms. The lowest BCUT2D eigenvalue weighted by Gasteiger charge is -2.24. The van der Waals surface area contributed by atoms with E-state index in [1.807, 2.05) is 13.8 Å². The standard InChI is InChI=1S/C10H22O/c1-5-7-9(3)8-10(4,11)6-2/h9,11H,5-8H2,1-4H3. The number of aliphatic hydroxyl groups is 1. The zero-order valence-electron chi connectivity index (χ0n) is 8.35. The molecule has 0 bridgehead atoms. The second kappa shape index (κ2) is 4.76. The first-order valence-corrected chi connectivity index (χ1v) is 4.74. The minimum absolute atomic E-state index is 0.436. The molecule has 68 valence electrons. The molecule has 0 saturated heterocycles. The summed E-state index contributed by atoms with van der Waals surface area (Å²) in [6, 6.07) is 0. The van der Waals surface area contributed by atoms with Gasteiger partial charge in [-0.3, -0.25) is 0 Å². The summed E-state index contributed by atoms with van der Waals surface area (Å²) in [6.45, 7) is 8.38. The third kappa shape index (κ3) is 5.25. The Hall–Kier alpha value is -0.0400. The van der Waals surface area contributed by atoms with E-state index >= 15 is 0 Å². The van der Waals surface area contributed by atoms with Gasteiger partial charge in [-0.05, 0) is 25.7 Å². The Kier molecular flexibility index (Phi) is 4.74. The smallest absolute Gasteiger partial charge is 0.0619 e. The van der Waals surface area contributed by atoms with E-state index in [0.29, 0.717) is 5.92 Å². The van der Waals surface area contributed by atoms with Crippen LogP contribution in [0.2, 0.25) is 0 Å². The van der Waals surface area contributed by atoms with Crippen molar-refractivity contribution in [2.24, 2.45) is 5.92 Å². The van der Waals surface area contributed by atoms with Crippen LogP contribution in [-0.2, 0) is 0 Å². The van der Waals surface area contributed by atoms with Crippen LogP contribution in [0.1, 0.15) is 53.4 Å². The first kappa shape index (κ1) is 11.0. The molecule has 0 aromatic heterocycles. The highest BCUT2D eigenvalue weighted by Crippen LogP contribution is 2.22. The molecular formula is C10H22O. The molecule has 0 rings (SSSR count). The minimum Gasteiger partial charge on any atom is -0.390 e. The Morgan fingerprint density at radius 2 is 1.91 bits per heavy atom. The highest BCUT2D eigenvalue weighted by molar-refractivity contribution is 4.72. The molecule has 0 saturated carbocycles. The summed E-state index contributed by atoms with van der Waals surface area (Å²) in [4.78, 5) is 0. The first-order chi connectivity index (χ1) is 5.02. The van der Waals surface area contributed by atoms with Crippen LogP contribution in [0, 0.1) is 5.92 Å². The highest BCUT2D eigenvalue weighted by atomic mass is 16.3. The van der Waals surface area contributed by atoms with E-state index in [1.165, 1.54) is 12.8 Å². The Morgan fingerprint density at radius 3 is 2.27 bits per heavy atom. The van der Waals surface area contributed by atoms with Gasteiger partial charge in [0.1, 0.15) is 0 Å². The van der Waals surface area contributed by atoms with Crippen LogP contribution in [0.3, 0.4) is 0 Å². The fourth-order valence-corrected chi connectivity index (χ4v) is 1.49. The van der Waals surface area contributed by atoms with Crippen LogP contribution >= 0.6 is 0 Å². The zero-order valence-corrected chi connectivity index (χ0v) is 8.35. The topological polar surface area (TPSA) is 20.2 Å². The predicted octanol–water partition coefficient (Wildman–Crippen LogP) is 2.97. The van der Waals surface area contributed by atoms with Gasteiger partial charge in [0.25, 0.3) is 0 Å². The molecule has 0 fully saturated rings. The van der Waals surface area contributed by atoms with E-state index in [4.69, 9.17) is 0 Å². The van der Waals surface area contributed by atoms with Crippen molar-refractivity contribution in [3.05, 3.63) is 0 Å². The number of hydrogen-bond donors (Lipinski definition) is 1. The normalized spacial score (nSPS) is 19.4. The summed E-state index contributed by atoms with van der Waals surface area (Å²) in [6.07, 6.45) is 4.26. The fourth-order valence-electron chi connectivity index (χ4n) is 1.49. The molecule has 0 aliphatic heterocycles. The van der Waals surface area contributed by atoms with Crippen molar-refractivity contribution in [2.45, 2.75) is 59.0 Å². The molecule has 2 unspecified atom stereocenters. The van der Waals surface area contributed by atoms with Gasteiger partial charge in [0, 0.05) is 0 Å². The molecule has 2 atom stereocenters. The molecule has 0 aliphatic rings. The van der Waals surface area contributed by atoms with Crippen molar-refractivity contribution in [3.8, 4) is 0 Å². The van der Waals surface area contributed by atoms with Gasteiger partial charge in [0.2, 0.25) is 0 Å². The maximum atomic E-state index is 9.72. The first-order valence-electron chi connectivity index (χ1n) is 4.74. The number of rotatable bonds is 5. The summed E-state index contributed by atoms with van der Waals surface area (Å²) in [5.41, 5.74) is -0.436. The van der Waals surface area contributed by atoms with Crippen LogP contribution in [0.4, 0.5) is 0 Å². The van der Waals surface area contributed by atoms with Gasteiger partial charge in [0.05, 0.1) is 5.60 Å². The van der Waals surface area contributed by atoms with Crippen LogP contribution in [-0.4, -0.2) is 10.7 Å². The SMILES string of the molecule is CCCC(C)CC(C)(O)CC. The quantitative estimate of drug-likeness (QED) is 0.652. The van der Waals surface area contributed by atoms with Crippen molar-refractivity contribution in [2.75, 3.05) is 0 Å². The van der Waals surface area contributed by atoms with Gasteiger partial charge in [-0.25, -0.2) is 0 Å². The van der Waals surface area contributed by atoms with Gasteiger partial charge in [-0.1, -0.05) is 33.6 Å². The van der Waals surface area contributed by atoms with Crippen LogP contribution < -0.4 is 0 Å². The van der Waals surface area contributed by atoms with Crippen molar-refractivity contribution in [1.82, 2.24) is 0 Å². The molecule has 11 heavy (non-hydrogen) atoms. The van der Waals surface area contributed by atoms with E-state index in [-0.39, 0.29) is 0 Å². The average molecular weight is 158 g/mol. The number of hydrogen-bond acceptors (Lipinski definition) is 1. The third-order valence-electron chi connectivity index (χ3n) is 2.33. The summed E-state index contributed by atoms with van der Waals surface area (Å²) >= 11 is 0. The van der Waals surface area contributed by atoms with E-state index < -0.39 is 5.60 Å². The molecule has 0 aromatic carbocycles. The Bertz CT molecular complexity index is 97.0. The van der Waals surface area contributed by atoms with Crippen LogP contribution in [0.15, 0.2) is 0 Å². The second-order valence-electron chi connectivity index (χ2n) is 3.95. The average Bonchev–Trinajstić information content (AvgIpc) is 1.87. The van der Waals surface area contributed by atoms with Gasteiger partial charge in [-0.2, -0.15) is 0 Å². The van der Waals surface area contributed by atoms with E-state index in [9.17, 15) is 5.11 Å². The summed E-state index contributed by atoms with van der Waals surface area (Å²) in [7, 11) is 0.